The smallest absolute Gasteiger partial charge is 0.126 e. The first-order valence-corrected chi connectivity index (χ1v) is 6.10. The van der Waals surface area contributed by atoms with Crippen LogP contribution >= 0.6 is 11.3 Å². The summed E-state index contributed by atoms with van der Waals surface area (Å²) < 4.78 is 1.15. The number of pyridine rings is 1. The van der Waals surface area contributed by atoms with Crippen molar-refractivity contribution in [2.24, 2.45) is 0 Å². The van der Waals surface area contributed by atoms with Crippen LogP contribution in [-0.4, -0.2) is 15.1 Å². The molecular formula is C13H10N2OS. The van der Waals surface area contributed by atoms with Crippen molar-refractivity contribution in [3.05, 3.63) is 48.3 Å². The zero-order valence-electron chi connectivity index (χ0n) is 9.00. The van der Waals surface area contributed by atoms with Crippen molar-refractivity contribution < 1.29 is 5.11 Å². The van der Waals surface area contributed by atoms with Crippen LogP contribution in [0.1, 0.15) is 5.56 Å². The van der Waals surface area contributed by atoms with Gasteiger partial charge in [-0.05, 0) is 23.8 Å². The fourth-order valence-corrected chi connectivity index (χ4v) is 2.75. The van der Waals surface area contributed by atoms with E-state index in [1.807, 2.05) is 30.3 Å². The van der Waals surface area contributed by atoms with Crippen LogP contribution in [0.3, 0.4) is 0 Å². The third kappa shape index (κ3) is 1.81. The van der Waals surface area contributed by atoms with Gasteiger partial charge in [0.25, 0.3) is 0 Å². The minimum absolute atomic E-state index is 0.00772. The van der Waals surface area contributed by atoms with Gasteiger partial charge in [-0.2, -0.15) is 0 Å². The third-order valence-corrected chi connectivity index (χ3v) is 3.68. The maximum atomic E-state index is 9.30. The molecule has 0 bridgehead atoms. The molecule has 0 radical (unpaired) electrons. The molecule has 1 aromatic carbocycles. The number of rotatable bonds is 2. The van der Waals surface area contributed by atoms with Crippen LogP contribution in [0.15, 0.2) is 42.7 Å². The van der Waals surface area contributed by atoms with Crippen molar-refractivity contribution in [2.45, 2.75) is 6.61 Å². The van der Waals surface area contributed by atoms with Crippen molar-refractivity contribution in [3.8, 4) is 10.6 Å². The van der Waals surface area contributed by atoms with E-state index >= 15 is 0 Å². The second-order valence-electron chi connectivity index (χ2n) is 3.68. The summed E-state index contributed by atoms with van der Waals surface area (Å²) in [6, 6.07) is 9.83. The summed E-state index contributed by atoms with van der Waals surface area (Å²) in [5.74, 6) is 0. The van der Waals surface area contributed by atoms with Gasteiger partial charge in [-0.1, -0.05) is 12.1 Å². The van der Waals surface area contributed by atoms with Gasteiger partial charge < -0.3 is 5.11 Å². The molecule has 0 unspecified atom stereocenters. The van der Waals surface area contributed by atoms with Crippen LogP contribution in [-0.2, 0) is 6.61 Å². The molecule has 0 fully saturated rings. The number of thiazole rings is 1. The van der Waals surface area contributed by atoms with Crippen molar-refractivity contribution in [3.63, 3.8) is 0 Å². The van der Waals surface area contributed by atoms with Crippen molar-refractivity contribution in [2.75, 3.05) is 0 Å². The van der Waals surface area contributed by atoms with Gasteiger partial charge >= 0.3 is 0 Å². The average Bonchev–Trinajstić information content (AvgIpc) is 2.82. The molecule has 3 nitrogen and oxygen atoms in total. The summed E-state index contributed by atoms with van der Waals surface area (Å²) in [7, 11) is 0. The fourth-order valence-electron chi connectivity index (χ4n) is 1.74. The summed E-state index contributed by atoms with van der Waals surface area (Å²) in [6.07, 6.45) is 3.44. The van der Waals surface area contributed by atoms with E-state index in [0.717, 1.165) is 26.4 Å². The lowest BCUT2D eigenvalue weighted by Gasteiger charge is -2.01. The molecular weight excluding hydrogens is 232 g/mol. The highest BCUT2D eigenvalue weighted by molar-refractivity contribution is 7.21. The Kier molecular flexibility index (Phi) is 2.59. The van der Waals surface area contributed by atoms with Crippen LogP contribution in [0.2, 0.25) is 0 Å². The predicted molar refractivity (Wildman–Crippen MR) is 68.8 cm³/mol. The van der Waals surface area contributed by atoms with E-state index in [9.17, 15) is 5.11 Å². The quantitative estimate of drug-likeness (QED) is 0.751. The van der Waals surface area contributed by atoms with Gasteiger partial charge in [0.1, 0.15) is 5.01 Å². The number of fused-ring (bicyclic) bond motifs is 1. The highest BCUT2D eigenvalue weighted by Crippen LogP contribution is 2.31. The molecule has 2 aromatic heterocycles. The lowest BCUT2D eigenvalue weighted by Crippen LogP contribution is -1.89. The highest BCUT2D eigenvalue weighted by Gasteiger charge is 2.09. The SMILES string of the molecule is OCc1ccncc1-c1nc2ccccc2s1. The summed E-state index contributed by atoms with van der Waals surface area (Å²) >= 11 is 1.62. The molecule has 1 N–H and O–H groups in total. The van der Waals surface area contributed by atoms with E-state index in [1.165, 1.54) is 0 Å². The number of para-hydroxylation sites is 1. The molecule has 0 aliphatic carbocycles. The molecule has 0 saturated heterocycles. The third-order valence-electron chi connectivity index (χ3n) is 2.61. The Morgan fingerprint density at radius 2 is 2.06 bits per heavy atom. The van der Waals surface area contributed by atoms with Gasteiger partial charge in [0.15, 0.2) is 0 Å². The summed E-state index contributed by atoms with van der Waals surface area (Å²) in [4.78, 5) is 8.65. The fraction of sp³-hybridized carbons (Fsp3) is 0.0769. The lowest BCUT2D eigenvalue weighted by atomic mass is 10.1. The van der Waals surface area contributed by atoms with E-state index in [1.54, 1.807) is 23.7 Å². The van der Waals surface area contributed by atoms with Crippen LogP contribution < -0.4 is 0 Å². The van der Waals surface area contributed by atoms with E-state index < -0.39 is 0 Å². The van der Waals surface area contributed by atoms with E-state index in [0.29, 0.717) is 0 Å². The first-order chi connectivity index (χ1) is 8.38. The molecule has 2 heterocycles. The first-order valence-electron chi connectivity index (χ1n) is 5.28. The highest BCUT2D eigenvalue weighted by atomic mass is 32.1. The molecule has 4 heteroatoms. The minimum Gasteiger partial charge on any atom is -0.392 e. The number of aliphatic hydroxyl groups is 1. The predicted octanol–water partition coefficient (Wildman–Crippen LogP) is 2.85. The Morgan fingerprint density at radius 3 is 2.88 bits per heavy atom. The number of benzene rings is 1. The number of hydrogen-bond acceptors (Lipinski definition) is 4. The Balaban J connectivity index is 2.20. The maximum Gasteiger partial charge on any atom is 0.126 e. The summed E-state index contributed by atoms with van der Waals surface area (Å²) in [6.45, 7) is 0.00772. The summed E-state index contributed by atoms with van der Waals surface area (Å²) in [5.41, 5.74) is 2.76. The van der Waals surface area contributed by atoms with Gasteiger partial charge in [-0.3, -0.25) is 4.98 Å². The van der Waals surface area contributed by atoms with Gasteiger partial charge in [0.2, 0.25) is 0 Å². The molecule has 0 amide bonds. The zero-order valence-corrected chi connectivity index (χ0v) is 9.81. The molecule has 0 atom stereocenters. The van der Waals surface area contributed by atoms with E-state index in [2.05, 4.69) is 9.97 Å². The van der Waals surface area contributed by atoms with Gasteiger partial charge in [-0.25, -0.2) is 4.98 Å². The zero-order chi connectivity index (χ0) is 11.7. The summed E-state index contributed by atoms with van der Waals surface area (Å²) in [5, 5.41) is 10.2. The number of aromatic nitrogens is 2. The second kappa shape index (κ2) is 4.24. The van der Waals surface area contributed by atoms with Gasteiger partial charge in [-0.15, -0.1) is 11.3 Å². The standard InChI is InChI=1S/C13H10N2OS/c16-8-9-5-6-14-7-10(9)13-15-11-3-1-2-4-12(11)17-13/h1-7,16H,8H2. The van der Waals surface area contributed by atoms with E-state index in [4.69, 9.17) is 0 Å². The van der Waals surface area contributed by atoms with Crippen molar-refractivity contribution in [1.29, 1.82) is 0 Å². The van der Waals surface area contributed by atoms with Gasteiger partial charge in [0, 0.05) is 18.0 Å². The molecule has 17 heavy (non-hydrogen) atoms. The Bertz CT molecular complexity index is 630. The number of aliphatic hydroxyl groups excluding tert-OH is 1. The second-order valence-corrected chi connectivity index (χ2v) is 4.71. The Labute approximate surface area is 102 Å². The average molecular weight is 242 g/mol. The number of hydrogen-bond donors (Lipinski definition) is 1. The first kappa shape index (κ1) is 10.4. The normalized spacial score (nSPS) is 10.9. The van der Waals surface area contributed by atoms with E-state index in [-0.39, 0.29) is 6.61 Å². The molecule has 84 valence electrons. The van der Waals surface area contributed by atoms with Crippen molar-refractivity contribution >= 4 is 21.6 Å². The monoisotopic (exact) mass is 242 g/mol. The molecule has 0 saturated carbocycles. The molecule has 0 aliphatic rings. The van der Waals surface area contributed by atoms with Crippen LogP contribution in [0.25, 0.3) is 20.8 Å². The maximum absolute atomic E-state index is 9.30. The topological polar surface area (TPSA) is 46.0 Å². The van der Waals surface area contributed by atoms with Crippen LogP contribution in [0.4, 0.5) is 0 Å². The number of nitrogens with zero attached hydrogens (tertiary/aromatic N) is 2. The van der Waals surface area contributed by atoms with Crippen LogP contribution in [0.5, 0.6) is 0 Å². The van der Waals surface area contributed by atoms with Crippen molar-refractivity contribution in [1.82, 2.24) is 9.97 Å². The molecule has 3 rings (SSSR count). The lowest BCUT2D eigenvalue weighted by molar-refractivity contribution is 0.282. The Morgan fingerprint density at radius 1 is 1.18 bits per heavy atom. The Hall–Kier alpha value is -1.78. The molecule has 3 aromatic rings. The van der Waals surface area contributed by atoms with Crippen LogP contribution in [0, 0.1) is 0 Å². The minimum atomic E-state index is 0.00772. The molecule has 0 aliphatic heterocycles. The largest absolute Gasteiger partial charge is 0.392 e. The van der Waals surface area contributed by atoms with Gasteiger partial charge in [0.05, 0.1) is 16.8 Å². The molecule has 0 spiro atoms.